The molecule has 0 bridgehead atoms. The predicted octanol–water partition coefficient (Wildman–Crippen LogP) is 4.95. The fourth-order valence-electron chi connectivity index (χ4n) is 3.83. The summed E-state index contributed by atoms with van der Waals surface area (Å²) in [5.41, 5.74) is 4.96. The van der Waals surface area contributed by atoms with Crippen molar-refractivity contribution in [3.63, 3.8) is 0 Å². The van der Waals surface area contributed by atoms with Gasteiger partial charge < -0.3 is 10.1 Å². The maximum Gasteiger partial charge on any atom is 0.407 e. The van der Waals surface area contributed by atoms with Crippen molar-refractivity contribution in [2.75, 3.05) is 0 Å². The van der Waals surface area contributed by atoms with Gasteiger partial charge >= 0.3 is 6.09 Å². The van der Waals surface area contributed by atoms with Crippen LogP contribution < -0.4 is 5.32 Å². The number of rotatable bonds is 5. The number of nitrogens with zero attached hydrogens (tertiary/aromatic N) is 5. The average molecular weight is 445 g/mol. The van der Waals surface area contributed by atoms with Gasteiger partial charge in [0.2, 0.25) is 0 Å². The molecule has 33 heavy (non-hydrogen) atoms. The Morgan fingerprint density at radius 2 is 1.94 bits per heavy atom. The Bertz CT molecular complexity index is 1310. The van der Waals surface area contributed by atoms with Crippen molar-refractivity contribution in [3.05, 3.63) is 60.2 Å². The normalized spacial score (nSPS) is 13.9. The number of aromatic nitrogens is 5. The Labute approximate surface area is 192 Å². The Kier molecular flexibility index (Phi) is 5.15. The van der Waals surface area contributed by atoms with E-state index in [0.717, 1.165) is 33.5 Å². The van der Waals surface area contributed by atoms with Crippen LogP contribution in [0.15, 0.2) is 48.9 Å². The molecule has 0 radical (unpaired) electrons. The van der Waals surface area contributed by atoms with Crippen molar-refractivity contribution < 1.29 is 9.53 Å². The maximum absolute atomic E-state index is 12.3. The summed E-state index contributed by atoms with van der Waals surface area (Å²) in [4.78, 5) is 17.0. The minimum atomic E-state index is -0.572. The number of ether oxygens (including phenoxy) is 1. The van der Waals surface area contributed by atoms with Gasteiger partial charge in [-0.05, 0) is 64.3 Å². The highest BCUT2D eigenvalue weighted by molar-refractivity contribution is 5.95. The number of pyridine rings is 1. The number of hydrogen-bond donors (Lipinski definition) is 1. The van der Waals surface area contributed by atoms with Crippen LogP contribution in [0.3, 0.4) is 0 Å². The third-order valence-electron chi connectivity index (χ3n) is 5.55. The molecular weight excluding hydrogens is 416 g/mol. The Hall–Kier alpha value is -3.68. The third-order valence-corrected chi connectivity index (χ3v) is 5.55. The minimum Gasteiger partial charge on any atom is -0.444 e. The molecule has 1 aliphatic carbocycles. The fraction of sp³-hybridized carbons (Fsp3) is 0.360. The zero-order valence-electron chi connectivity index (χ0n) is 19.4. The van der Waals surface area contributed by atoms with Crippen LogP contribution in [-0.4, -0.2) is 36.2 Å². The molecule has 1 aromatic carbocycles. The van der Waals surface area contributed by atoms with Gasteiger partial charge in [-0.3, -0.25) is 4.68 Å². The maximum atomic E-state index is 12.3. The summed E-state index contributed by atoms with van der Waals surface area (Å²) in [7, 11) is 0. The fourth-order valence-corrected chi connectivity index (χ4v) is 3.83. The van der Waals surface area contributed by atoms with Crippen LogP contribution in [-0.2, 0) is 11.3 Å². The Morgan fingerprint density at radius 1 is 1.18 bits per heavy atom. The monoisotopic (exact) mass is 444 g/mol. The number of amides is 1. The molecule has 1 amide bonds. The lowest BCUT2D eigenvalue weighted by Crippen LogP contribution is -2.32. The standard InChI is InChI=1S/C25H28N6O2/c1-16-5-7-19(8-6-16)31-23-22(21(29-31)14-27-24(32)33-25(2,3)4)20(11-12-26-23)17-13-28-30(15-17)18-9-10-18/h5-8,11-13,15,18H,9-10,14H2,1-4H3,(H,27,32). The molecule has 8 heteroatoms. The summed E-state index contributed by atoms with van der Waals surface area (Å²) >= 11 is 0. The van der Waals surface area contributed by atoms with Crippen molar-refractivity contribution in [3.8, 4) is 16.8 Å². The molecule has 0 spiro atoms. The second-order valence-corrected chi connectivity index (χ2v) is 9.55. The van der Waals surface area contributed by atoms with E-state index in [9.17, 15) is 4.79 Å². The molecule has 170 valence electrons. The highest BCUT2D eigenvalue weighted by atomic mass is 16.6. The van der Waals surface area contributed by atoms with E-state index in [1.807, 2.05) is 66.7 Å². The third kappa shape index (κ3) is 4.46. The molecule has 0 atom stereocenters. The molecule has 0 unspecified atom stereocenters. The van der Waals surface area contributed by atoms with Crippen molar-refractivity contribution in [1.29, 1.82) is 0 Å². The zero-order chi connectivity index (χ0) is 23.2. The van der Waals surface area contributed by atoms with Gasteiger partial charge in [0.05, 0.1) is 35.6 Å². The molecule has 4 aromatic rings. The highest BCUT2D eigenvalue weighted by Gasteiger charge is 2.25. The van der Waals surface area contributed by atoms with Crippen LogP contribution in [0, 0.1) is 6.92 Å². The number of alkyl carbamates (subject to hydrolysis) is 1. The molecule has 1 aliphatic rings. The SMILES string of the molecule is Cc1ccc(-n2nc(CNC(=O)OC(C)(C)C)c3c(-c4cnn(C5CC5)c4)ccnc32)cc1. The number of hydrogen-bond acceptors (Lipinski definition) is 5. The molecule has 0 saturated heterocycles. The van der Waals surface area contributed by atoms with E-state index in [2.05, 4.69) is 28.5 Å². The molecule has 8 nitrogen and oxygen atoms in total. The van der Waals surface area contributed by atoms with Crippen LogP contribution in [0.5, 0.6) is 0 Å². The number of carbonyl (C=O) groups is 1. The zero-order valence-corrected chi connectivity index (χ0v) is 19.4. The number of benzene rings is 1. The number of aryl methyl sites for hydroxylation is 1. The smallest absolute Gasteiger partial charge is 0.407 e. The summed E-state index contributed by atoms with van der Waals surface area (Å²) in [6.45, 7) is 7.80. The van der Waals surface area contributed by atoms with Gasteiger partial charge in [0.1, 0.15) is 5.60 Å². The first-order valence-corrected chi connectivity index (χ1v) is 11.2. The lowest BCUT2D eigenvalue weighted by Gasteiger charge is -2.19. The van der Waals surface area contributed by atoms with Gasteiger partial charge in [0.25, 0.3) is 0 Å². The first kappa shape index (κ1) is 21.2. The first-order valence-electron chi connectivity index (χ1n) is 11.2. The van der Waals surface area contributed by atoms with Crippen molar-refractivity contribution in [2.24, 2.45) is 0 Å². The van der Waals surface area contributed by atoms with Crippen molar-refractivity contribution in [2.45, 2.75) is 58.7 Å². The van der Waals surface area contributed by atoms with Gasteiger partial charge in [-0.25, -0.2) is 14.5 Å². The van der Waals surface area contributed by atoms with Crippen LogP contribution in [0.4, 0.5) is 4.79 Å². The molecule has 0 aliphatic heterocycles. The second-order valence-electron chi connectivity index (χ2n) is 9.55. The molecule has 1 fully saturated rings. The molecule has 1 N–H and O–H groups in total. The number of fused-ring (bicyclic) bond motifs is 1. The van der Waals surface area contributed by atoms with Gasteiger partial charge in [-0.1, -0.05) is 17.7 Å². The summed E-state index contributed by atoms with van der Waals surface area (Å²) < 4.78 is 9.28. The van der Waals surface area contributed by atoms with Gasteiger partial charge in [0.15, 0.2) is 5.65 Å². The largest absolute Gasteiger partial charge is 0.444 e. The Balaban J connectivity index is 1.58. The molecule has 3 heterocycles. The van der Waals surface area contributed by atoms with E-state index < -0.39 is 11.7 Å². The first-order chi connectivity index (χ1) is 15.8. The van der Waals surface area contributed by atoms with E-state index in [4.69, 9.17) is 9.84 Å². The molecule has 3 aromatic heterocycles. The van der Waals surface area contributed by atoms with Gasteiger partial charge in [-0.2, -0.15) is 10.2 Å². The lowest BCUT2D eigenvalue weighted by atomic mass is 10.1. The van der Waals surface area contributed by atoms with Crippen LogP contribution in [0.2, 0.25) is 0 Å². The quantitative estimate of drug-likeness (QED) is 0.471. The molecule has 1 saturated carbocycles. The van der Waals surface area contributed by atoms with Crippen LogP contribution in [0.25, 0.3) is 27.8 Å². The number of carbonyl (C=O) groups excluding carboxylic acids is 1. The predicted molar refractivity (Wildman–Crippen MR) is 126 cm³/mol. The second kappa shape index (κ2) is 8.03. The van der Waals surface area contributed by atoms with E-state index >= 15 is 0 Å². The molecule has 5 rings (SSSR count). The van der Waals surface area contributed by atoms with E-state index in [-0.39, 0.29) is 6.54 Å². The lowest BCUT2D eigenvalue weighted by molar-refractivity contribution is 0.0523. The summed E-state index contributed by atoms with van der Waals surface area (Å²) in [5, 5.41) is 13.2. The summed E-state index contributed by atoms with van der Waals surface area (Å²) in [5.74, 6) is 0. The van der Waals surface area contributed by atoms with E-state index in [1.165, 1.54) is 18.4 Å². The van der Waals surface area contributed by atoms with Gasteiger partial charge in [-0.15, -0.1) is 0 Å². The number of nitrogens with one attached hydrogen (secondary N) is 1. The van der Waals surface area contributed by atoms with E-state index in [1.54, 1.807) is 6.20 Å². The topological polar surface area (TPSA) is 86.9 Å². The van der Waals surface area contributed by atoms with Crippen LogP contribution >= 0.6 is 0 Å². The van der Waals surface area contributed by atoms with Crippen molar-refractivity contribution >= 4 is 17.1 Å². The average Bonchev–Trinajstić information content (AvgIpc) is 3.37. The Morgan fingerprint density at radius 3 is 2.64 bits per heavy atom. The van der Waals surface area contributed by atoms with Crippen LogP contribution in [0.1, 0.15) is 50.9 Å². The van der Waals surface area contributed by atoms with Crippen molar-refractivity contribution in [1.82, 2.24) is 29.9 Å². The minimum absolute atomic E-state index is 0.222. The summed E-state index contributed by atoms with van der Waals surface area (Å²) in [6.07, 6.45) is 7.63. The summed E-state index contributed by atoms with van der Waals surface area (Å²) in [6, 6.07) is 10.6. The molecular formula is C25H28N6O2. The highest BCUT2D eigenvalue weighted by Crippen LogP contribution is 2.37. The van der Waals surface area contributed by atoms with Gasteiger partial charge in [0, 0.05) is 18.0 Å². The van der Waals surface area contributed by atoms with E-state index in [0.29, 0.717) is 6.04 Å².